The Morgan fingerprint density at radius 3 is 2.42 bits per heavy atom. The monoisotopic (exact) mass is 581 g/mol. The van der Waals surface area contributed by atoms with E-state index in [-0.39, 0.29) is 5.91 Å². The number of hydrogen-bond acceptors (Lipinski definition) is 6. The molecule has 0 spiro atoms. The normalized spacial score (nSPS) is 11.5. The van der Waals surface area contributed by atoms with Crippen molar-refractivity contribution in [3.05, 3.63) is 108 Å². The molecule has 0 fully saturated rings. The van der Waals surface area contributed by atoms with Gasteiger partial charge in [0.05, 0.1) is 28.2 Å². The zero-order valence-electron chi connectivity index (χ0n) is 21.3. The number of nitrogens with zero attached hydrogens (tertiary/aromatic N) is 2. The first-order valence-electron chi connectivity index (χ1n) is 12.8. The van der Waals surface area contributed by atoms with Crippen molar-refractivity contribution < 1.29 is 9.53 Å². The molecule has 0 aliphatic carbocycles. The topological polar surface area (TPSA) is 63.6 Å². The van der Waals surface area contributed by atoms with Crippen molar-refractivity contribution in [3.63, 3.8) is 0 Å². The van der Waals surface area contributed by atoms with Gasteiger partial charge in [0.2, 0.25) is 5.91 Å². The van der Waals surface area contributed by atoms with E-state index >= 15 is 0 Å². The first-order chi connectivity index (χ1) is 19.6. The lowest BCUT2D eigenvalue weighted by Crippen LogP contribution is -2.29. The van der Waals surface area contributed by atoms with Gasteiger partial charge in [-0.05, 0) is 70.1 Å². The van der Waals surface area contributed by atoms with Crippen LogP contribution in [0.15, 0.2) is 106 Å². The summed E-state index contributed by atoms with van der Waals surface area (Å²) in [5.74, 6) is 0.952. The molecular weight excluding hydrogens is 558 g/mol. The zero-order valence-corrected chi connectivity index (χ0v) is 23.7. The van der Waals surface area contributed by atoms with Gasteiger partial charge in [-0.3, -0.25) is 9.79 Å². The number of thioether (sulfide) groups is 1. The summed E-state index contributed by atoms with van der Waals surface area (Å²) in [7, 11) is 0. The maximum absolute atomic E-state index is 12.3. The number of fused-ring (bicyclic) bond motifs is 3. The van der Waals surface area contributed by atoms with Crippen LogP contribution in [0.25, 0.3) is 31.8 Å². The predicted molar refractivity (Wildman–Crippen MR) is 169 cm³/mol. The molecule has 0 saturated carbocycles. The highest BCUT2D eigenvalue weighted by atomic mass is 35.5. The molecule has 1 N–H and O–H groups in total. The summed E-state index contributed by atoms with van der Waals surface area (Å²) in [6, 6.07) is 32.2. The average Bonchev–Trinajstić information content (AvgIpc) is 3.39. The molecule has 0 bridgehead atoms. The predicted octanol–water partition coefficient (Wildman–Crippen LogP) is 8.29. The molecule has 6 aromatic rings. The summed E-state index contributed by atoms with van der Waals surface area (Å²) in [5, 5.41) is 8.29. The quantitative estimate of drug-likeness (QED) is 0.0807. The van der Waals surface area contributed by atoms with E-state index in [1.807, 2.05) is 18.3 Å². The molecule has 5 nitrogen and oxygen atoms in total. The molecule has 198 valence electrons. The van der Waals surface area contributed by atoms with Crippen LogP contribution in [0.2, 0.25) is 5.02 Å². The van der Waals surface area contributed by atoms with Crippen LogP contribution in [0.5, 0.6) is 5.75 Å². The minimum atomic E-state index is -0.0587. The lowest BCUT2D eigenvalue weighted by Gasteiger charge is -2.07. The third kappa shape index (κ3) is 6.12. The molecule has 1 amide bonds. The number of hydrogen-bond donors (Lipinski definition) is 1. The zero-order chi connectivity index (χ0) is 27.3. The summed E-state index contributed by atoms with van der Waals surface area (Å²) < 4.78 is 7.50. The van der Waals surface area contributed by atoms with E-state index in [2.05, 4.69) is 71.0 Å². The lowest BCUT2D eigenvalue weighted by atomic mass is 9.97. The summed E-state index contributed by atoms with van der Waals surface area (Å²) in [4.78, 5) is 21.8. The van der Waals surface area contributed by atoms with Crippen LogP contribution in [0.1, 0.15) is 5.56 Å². The molecule has 0 radical (unpaired) electrons. The van der Waals surface area contributed by atoms with Gasteiger partial charge in [0.25, 0.3) is 0 Å². The van der Waals surface area contributed by atoms with E-state index in [0.29, 0.717) is 23.9 Å². The van der Waals surface area contributed by atoms with Crippen molar-refractivity contribution in [3.8, 4) is 5.75 Å². The maximum atomic E-state index is 12.3. The van der Waals surface area contributed by atoms with Crippen LogP contribution in [-0.4, -0.2) is 36.0 Å². The van der Waals surface area contributed by atoms with Crippen molar-refractivity contribution in [2.45, 2.75) is 4.34 Å². The molecular formula is C32H24ClN3O2S2. The van der Waals surface area contributed by atoms with E-state index in [0.717, 1.165) is 31.6 Å². The number of aromatic nitrogens is 1. The van der Waals surface area contributed by atoms with Crippen LogP contribution in [-0.2, 0) is 4.79 Å². The smallest absolute Gasteiger partial charge is 0.230 e. The number of carbonyl (C=O) groups excluding carboxylic acids is 1. The van der Waals surface area contributed by atoms with Gasteiger partial charge < -0.3 is 10.1 Å². The Labute approximate surface area is 244 Å². The third-order valence-corrected chi connectivity index (χ3v) is 8.75. The Kier molecular flexibility index (Phi) is 7.95. The van der Waals surface area contributed by atoms with Crippen molar-refractivity contribution in [2.24, 2.45) is 4.99 Å². The van der Waals surface area contributed by atoms with Crippen LogP contribution in [0, 0.1) is 0 Å². The van der Waals surface area contributed by atoms with Crippen LogP contribution in [0.4, 0.5) is 5.69 Å². The molecule has 6 rings (SSSR count). The molecule has 1 aromatic heterocycles. The fraction of sp³-hybridized carbons (Fsp3) is 0.0938. The SMILES string of the molecule is O=C(CSc1nc2ccc(N=Cc3c4ccccc4cc4ccccc34)cc2s1)NCCOc1ccc(Cl)cc1. The van der Waals surface area contributed by atoms with Gasteiger partial charge in [0.1, 0.15) is 12.4 Å². The molecule has 40 heavy (non-hydrogen) atoms. The lowest BCUT2D eigenvalue weighted by molar-refractivity contribution is -0.118. The first-order valence-corrected chi connectivity index (χ1v) is 14.9. The Bertz CT molecular complexity index is 1800. The van der Waals surface area contributed by atoms with Crippen LogP contribution >= 0.6 is 34.7 Å². The van der Waals surface area contributed by atoms with Gasteiger partial charge in [-0.1, -0.05) is 71.9 Å². The molecule has 5 aromatic carbocycles. The second-order valence-electron chi connectivity index (χ2n) is 9.06. The van der Waals surface area contributed by atoms with E-state index in [1.165, 1.54) is 33.3 Å². The maximum Gasteiger partial charge on any atom is 0.230 e. The first kappa shape index (κ1) is 26.3. The van der Waals surface area contributed by atoms with Gasteiger partial charge in [-0.25, -0.2) is 4.98 Å². The molecule has 0 saturated heterocycles. The van der Waals surface area contributed by atoms with Gasteiger partial charge in [0, 0.05) is 16.8 Å². The van der Waals surface area contributed by atoms with Crippen molar-refractivity contribution >= 4 is 84.3 Å². The fourth-order valence-electron chi connectivity index (χ4n) is 4.43. The number of nitrogens with one attached hydrogen (secondary N) is 1. The molecule has 0 unspecified atom stereocenters. The Morgan fingerprint density at radius 2 is 1.68 bits per heavy atom. The highest BCUT2D eigenvalue weighted by molar-refractivity contribution is 8.01. The highest BCUT2D eigenvalue weighted by Crippen LogP contribution is 2.33. The number of aliphatic imine (C=N–C) groups is 1. The Hall–Kier alpha value is -3.91. The molecule has 0 aliphatic rings. The molecule has 0 atom stereocenters. The van der Waals surface area contributed by atoms with Gasteiger partial charge in [-0.2, -0.15) is 0 Å². The van der Waals surface area contributed by atoms with Crippen LogP contribution in [0.3, 0.4) is 0 Å². The average molecular weight is 582 g/mol. The van der Waals surface area contributed by atoms with E-state index < -0.39 is 0 Å². The van der Waals surface area contributed by atoms with Crippen molar-refractivity contribution in [1.82, 2.24) is 10.3 Å². The van der Waals surface area contributed by atoms with E-state index in [1.54, 1.807) is 35.6 Å². The third-order valence-electron chi connectivity index (χ3n) is 6.34. The highest BCUT2D eigenvalue weighted by Gasteiger charge is 2.09. The minimum Gasteiger partial charge on any atom is -0.492 e. The number of benzene rings is 5. The number of halogens is 1. The number of thiazole rings is 1. The second-order valence-corrected chi connectivity index (χ2v) is 11.8. The number of rotatable bonds is 9. The van der Waals surface area contributed by atoms with Crippen LogP contribution < -0.4 is 10.1 Å². The Morgan fingerprint density at radius 1 is 0.950 bits per heavy atom. The number of ether oxygens (including phenoxy) is 1. The van der Waals surface area contributed by atoms with E-state index in [4.69, 9.17) is 21.3 Å². The fourth-order valence-corrected chi connectivity index (χ4v) is 6.49. The minimum absolute atomic E-state index is 0.0587. The van der Waals surface area contributed by atoms with Gasteiger partial charge >= 0.3 is 0 Å². The van der Waals surface area contributed by atoms with Gasteiger partial charge in [-0.15, -0.1) is 11.3 Å². The molecule has 0 aliphatic heterocycles. The second kappa shape index (κ2) is 12.1. The summed E-state index contributed by atoms with van der Waals surface area (Å²) in [6.07, 6.45) is 1.96. The van der Waals surface area contributed by atoms with Crippen molar-refractivity contribution in [1.29, 1.82) is 0 Å². The summed E-state index contributed by atoms with van der Waals surface area (Å²) in [6.45, 7) is 0.812. The summed E-state index contributed by atoms with van der Waals surface area (Å²) >= 11 is 8.88. The number of amides is 1. The molecule has 1 heterocycles. The standard InChI is InChI=1S/C32H24ClN3O2S2/c33-23-9-12-25(13-10-23)38-16-15-34-31(37)20-39-32-36-29-14-11-24(18-30(29)40-32)35-19-28-26-7-3-1-5-21(26)17-22-6-2-4-8-27(22)28/h1-14,17-19H,15-16,20H2,(H,34,37). The Balaban J connectivity index is 1.09. The number of carbonyl (C=O) groups is 1. The largest absolute Gasteiger partial charge is 0.492 e. The van der Waals surface area contributed by atoms with Crippen molar-refractivity contribution in [2.75, 3.05) is 18.9 Å². The van der Waals surface area contributed by atoms with Gasteiger partial charge in [0.15, 0.2) is 4.34 Å². The van der Waals surface area contributed by atoms with E-state index in [9.17, 15) is 4.79 Å². The molecule has 8 heteroatoms. The summed E-state index contributed by atoms with van der Waals surface area (Å²) in [5.41, 5.74) is 2.88.